The molecule has 5 heteroatoms. The summed E-state index contributed by atoms with van der Waals surface area (Å²) in [4.78, 5) is 24.4. The Morgan fingerprint density at radius 1 is 1.40 bits per heavy atom. The lowest BCUT2D eigenvalue weighted by Gasteiger charge is -2.25. The maximum atomic E-state index is 11.8. The second-order valence-electron chi connectivity index (χ2n) is 3.71. The van der Waals surface area contributed by atoms with Gasteiger partial charge in [0.1, 0.15) is 6.04 Å². The second-order valence-corrected chi connectivity index (χ2v) is 3.71. The summed E-state index contributed by atoms with van der Waals surface area (Å²) in [7, 11) is 2.98. The zero-order valence-electron chi connectivity index (χ0n) is 10.0. The van der Waals surface area contributed by atoms with Crippen LogP contribution in [0.5, 0.6) is 0 Å². The Hall–Kier alpha value is -1.26. The van der Waals surface area contributed by atoms with Gasteiger partial charge in [0.2, 0.25) is 5.91 Å². The zero-order chi connectivity index (χ0) is 12.0. The van der Waals surface area contributed by atoms with Crippen molar-refractivity contribution in [3.63, 3.8) is 0 Å². The molecule has 0 unspecified atom stereocenters. The first-order valence-electron chi connectivity index (χ1n) is 5.03. The number of amides is 2. The third kappa shape index (κ3) is 4.18. The van der Waals surface area contributed by atoms with Crippen molar-refractivity contribution < 1.29 is 14.3 Å². The van der Waals surface area contributed by atoms with Gasteiger partial charge in [0.25, 0.3) is 0 Å². The predicted molar refractivity (Wildman–Crippen MR) is 57.5 cm³/mol. The molecule has 1 atom stereocenters. The third-order valence-electron chi connectivity index (χ3n) is 2.24. The normalized spacial score (nSPS) is 12.1. The number of rotatable bonds is 4. The van der Waals surface area contributed by atoms with E-state index >= 15 is 0 Å². The van der Waals surface area contributed by atoms with Crippen LogP contribution in [0.4, 0.5) is 4.79 Å². The summed E-state index contributed by atoms with van der Waals surface area (Å²) >= 11 is 0. The summed E-state index contributed by atoms with van der Waals surface area (Å²) in [5.41, 5.74) is 0. The van der Waals surface area contributed by atoms with Gasteiger partial charge in [-0.05, 0) is 12.8 Å². The predicted octanol–water partition coefficient (Wildman–Crippen LogP) is 0.845. The average molecular weight is 216 g/mol. The van der Waals surface area contributed by atoms with E-state index in [2.05, 4.69) is 10.1 Å². The van der Waals surface area contributed by atoms with Gasteiger partial charge in [0.15, 0.2) is 0 Å². The minimum Gasteiger partial charge on any atom is -0.453 e. The molecule has 88 valence electrons. The van der Waals surface area contributed by atoms with Crippen molar-refractivity contribution in [2.75, 3.05) is 20.7 Å². The quantitative estimate of drug-likeness (QED) is 0.757. The lowest BCUT2D eigenvalue weighted by atomic mass is 10.0. The Morgan fingerprint density at radius 3 is 2.27 bits per heavy atom. The first kappa shape index (κ1) is 13.7. The first-order valence-corrected chi connectivity index (χ1v) is 5.03. The number of carbonyl (C=O) groups excluding carboxylic acids is 2. The molecule has 0 radical (unpaired) electrons. The summed E-state index contributed by atoms with van der Waals surface area (Å²) in [5.74, 6) is -0.0662. The Bertz CT molecular complexity index is 229. The molecule has 0 aromatic heterocycles. The molecule has 0 aromatic carbocycles. The van der Waals surface area contributed by atoms with Crippen molar-refractivity contribution in [3.05, 3.63) is 0 Å². The summed E-state index contributed by atoms with van der Waals surface area (Å²) in [6.45, 7) is 6.25. The standard InChI is InChI=1S/C10H20N2O3/c1-6-12(4)9(13)8(7(2)3)11-10(14)15-5/h7-8H,6H2,1-5H3,(H,11,14)/t8-/m0/s1. The highest BCUT2D eigenvalue weighted by Crippen LogP contribution is 2.05. The Kier molecular flexibility index (Phi) is 5.74. The molecule has 0 saturated carbocycles. The van der Waals surface area contributed by atoms with E-state index in [0.29, 0.717) is 6.54 Å². The number of nitrogens with one attached hydrogen (secondary N) is 1. The van der Waals surface area contributed by atoms with Gasteiger partial charge >= 0.3 is 6.09 Å². The summed E-state index contributed by atoms with van der Waals surface area (Å²) in [6.07, 6.45) is -0.577. The lowest BCUT2D eigenvalue weighted by Crippen LogP contribution is -2.50. The summed E-state index contributed by atoms with van der Waals surface area (Å²) in [6, 6.07) is -0.526. The van der Waals surface area contributed by atoms with Crippen LogP contribution in [-0.2, 0) is 9.53 Å². The Balaban J connectivity index is 4.52. The molecule has 0 heterocycles. The molecule has 0 aliphatic rings. The van der Waals surface area contributed by atoms with Crippen LogP contribution in [0.2, 0.25) is 0 Å². The van der Waals surface area contributed by atoms with Crippen molar-refractivity contribution >= 4 is 12.0 Å². The zero-order valence-corrected chi connectivity index (χ0v) is 10.0. The fourth-order valence-electron chi connectivity index (χ4n) is 1.09. The van der Waals surface area contributed by atoms with E-state index < -0.39 is 12.1 Å². The second kappa shape index (κ2) is 6.27. The largest absolute Gasteiger partial charge is 0.453 e. The molecule has 0 aliphatic carbocycles. The number of likely N-dealkylation sites (N-methyl/N-ethyl adjacent to an activating group) is 1. The first-order chi connectivity index (χ1) is 6.93. The van der Waals surface area contributed by atoms with Gasteiger partial charge in [0.05, 0.1) is 7.11 Å². The highest BCUT2D eigenvalue weighted by molar-refractivity contribution is 5.85. The van der Waals surface area contributed by atoms with E-state index in [1.165, 1.54) is 7.11 Å². The van der Waals surface area contributed by atoms with Crippen LogP contribution >= 0.6 is 0 Å². The van der Waals surface area contributed by atoms with Crippen LogP contribution in [0, 0.1) is 5.92 Å². The highest BCUT2D eigenvalue weighted by atomic mass is 16.5. The Labute approximate surface area is 90.8 Å². The molecule has 2 amide bonds. The maximum Gasteiger partial charge on any atom is 0.407 e. The molecule has 0 saturated heterocycles. The molecule has 0 aromatic rings. The molecule has 0 aliphatic heterocycles. The van der Waals surface area contributed by atoms with E-state index in [1.807, 2.05) is 20.8 Å². The van der Waals surface area contributed by atoms with E-state index in [4.69, 9.17) is 0 Å². The fourth-order valence-corrected chi connectivity index (χ4v) is 1.09. The number of hydrogen-bond acceptors (Lipinski definition) is 3. The number of hydrogen-bond donors (Lipinski definition) is 1. The van der Waals surface area contributed by atoms with E-state index in [0.717, 1.165) is 0 Å². The van der Waals surface area contributed by atoms with Crippen LogP contribution in [0.1, 0.15) is 20.8 Å². The molecular weight excluding hydrogens is 196 g/mol. The minimum atomic E-state index is -0.577. The van der Waals surface area contributed by atoms with Crippen molar-refractivity contribution in [2.45, 2.75) is 26.8 Å². The lowest BCUT2D eigenvalue weighted by molar-refractivity contribution is -0.132. The molecule has 0 spiro atoms. The van der Waals surface area contributed by atoms with Gasteiger partial charge < -0.3 is 15.0 Å². The van der Waals surface area contributed by atoms with E-state index in [-0.39, 0.29) is 11.8 Å². The molecule has 0 fully saturated rings. The van der Waals surface area contributed by atoms with E-state index in [9.17, 15) is 9.59 Å². The van der Waals surface area contributed by atoms with Crippen molar-refractivity contribution in [2.24, 2.45) is 5.92 Å². The number of carbonyl (C=O) groups is 2. The highest BCUT2D eigenvalue weighted by Gasteiger charge is 2.26. The molecule has 1 N–H and O–H groups in total. The van der Waals surface area contributed by atoms with Gasteiger partial charge in [-0.2, -0.15) is 0 Å². The van der Waals surface area contributed by atoms with Crippen LogP contribution in [0.25, 0.3) is 0 Å². The maximum absolute atomic E-state index is 11.8. The number of methoxy groups -OCH3 is 1. The van der Waals surface area contributed by atoms with Gasteiger partial charge in [-0.1, -0.05) is 13.8 Å². The topological polar surface area (TPSA) is 58.6 Å². The van der Waals surface area contributed by atoms with Gasteiger partial charge in [0, 0.05) is 13.6 Å². The van der Waals surface area contributed by atoms with Crippen LogP contribution in [-0.4, -0.2) is 43.6 Å². The van der Waals surface area contributed by atoms with Crippen molar-refractivity contribution in [3.8, 4) is 0 Å². The summed E-state index contributed by atoms with van der Waals surface area (Å²) < 4.78 is 4.47. The van der Waals surface area contributed by atoms with Crippen LogP contribution < -0.4 is 5.32 Å². The fraction of sp³-hybridized carbons (Fsp3) is 0.800. The molecule has 0 rings (SSSR count). The van der Waals surface area contributed by atoms with Crippen molar-refractivity contribution in [1.29, 1.82) is 0 Å². The molecule has 5 nitrogen and oxygen atoms in total. The van der Waals surface area contributed by atoms with Gasteiger partial charge in [-0.25, -0.2) is 4.79 Å². The number of ether oxygens (including phenoxy) is 1. The number of nitrogens with zero attached hydrogens (tertiary/aromatic N) is 1. The van der Waals surface area contributed by atoms with Gasteiger partial charge in [-0.15, -0.1) is 0 Å². The van der Waals surface area contributed by atoms with Crippen molar-refractivity contribution in [1.82, 2.24) is 10.2 Å². The average Bonchev–Trinajstić information content (AvgIpc) is 2.22. The van der Waals surface area contributed by atoms with Gasteiger partial charge in [-0.3, -0.25) is 4.79 Å². The van der Waals surface area contributed by atoms with E-state index in [1.54, 1.807) is 11.9 Å². The SMILES string of the molecule is CCN(C)C(=O)[C@@H](NC(=O)OC)C(C)C. The third-order valence-corrected chi connectivity index (χ3v) is 2.24. The Morgan fingerprint density at radius 2 is 1.93 bits per heavy atom. The summed E-state index contributed by atoms with van der Waals surface area (Å²) in [5, 5.41) is 2.53. The monoisotopic (exact) mass is 216 g/mol. The smallest absolute Gasteiger partial charge is 0.407 e. The van der Waals surface area contributed by atoms with Crippen LogP contribution in [0.15, 0.2) is 0 Å². The molecule has 15 heavy (non-hydrogen) atoms. The molecule has 0 bridgehead atoms. The minimum absolute atomic E-state index is 0.0330. The number of alkyl carbamates (subject to hydrolysis) is 1. The van der Waals surface area contributed by atoms with Crippen LogP contribution in [0.3, 0.4) is 0 Å². The molecular formula is C10H20N2O3.